The number of fused-ring (bicyclic) bond motifs is 6. The van der Waals surface area contributed by atoms with Crippen LogP contribution in [-0.2, 0) is 56.2 Å². The van der Waals surface area contributed by atoms with Gasteiger partial charge < -0.3 is 50.4 Å². The minimum absolute atomic E-state index is 0.0427. The molecule has 4 aromatic rings. The Labute approximate surface area is 256 Å². The second-order valence-corrected chi connectivity index (χ2v) is 15.4. The second-order valence-electron chi connectivity index (χ2n) is 10.0. The fraction of sp³-hybridized carbons (Fsp3) is 0.524. The predicted octanol–water partition coefficient (Wildman–Crippen LogP) is 1.08. The number of anilines is 1. The van der Waals surface area contributed by atoms with E-state index in [4.69, 9.17) is 57.4 Å². The van der Waals surface area contributed by atoms with Gasteiger partial charge in [-0.1, -0.05) is 11.8 Å². The summed E-state index contributed by atoms with van der Waals surface area (Å²) < 4.78 is 81.1. The van der Waals surface area contributed by atoms with E-state index in [1.54, 1.807) is 6.92 Å². The standard InChI is InChI=1S/C21H23F2N9O8P2S2/c1-8-13-18(27-4-25-8)31(6-29-13)20-15-11(22)9(37-20)2-35-42(34,44)40-16-12(23)10(3-36-41(33,43)39-15)38-21(16)32-7-30-14-17(24)26-5-28-19(14)32/h4-7,9-12,15-16,20-21H,2-3H2,1H3,(H,33,43)(H,34,44)(H2,24,26,28)/p-2/t9-,10-,11-,12-,15-,16-,20-,21-,41?,42?/m1/s1. The average molecular weight is 692 g/mol. The molecule has 4 bridgehead atoms. The Kier molecular flexibility index (Phi) is 7.73. The Balaban J connectivity index is 1.22. The van der Waals surface area contributed by atoms with Crippen LogP contribution < -0.4 is 10.6 Å². The van der Waals surface area contributed by atoms with E-state index in [1.165, 1.54) is 28.1 Å². The number of nitrogens with two attached hydrogens (primary N) is 1. The number of imidazole rings is 2. The summed E-state index contributed by atoms with van der Waals surface area (Å²) in [4.78, 5) is 37.9. The number of nitrogen functional groups attached to an aromatic ring is 1. The fourth-order valence-corrected chi connectivity index (χ4v) is 8.01. The van der Waals surface area contributed by atoms with Crippen molar-refractivity contribution in [2.75, 3.05) is 18.9 Å². The maximum atomic E-state index is 15.9. The van der Waals surface area contributed by atoms with E-state index in [-0.39, 0.29) is 22.6 Å². The number of nitrogens with zero attached hydrogens (tertiary/aromatic N) is 8. The molecule has 44 heavy (non-hydrogen) atoms. The first-order valence-electron chi connectivity index (χ1n) is 12.9. The Morgan fingerprint density at radius 1 is 0.909 bits per heavy atom. The first-order chi connectivity index (χ1) is 20.9. The van der Waals surface area contributed by atoms with Crippen molar-refractivity contribution in [1.82, 2.24) is 39.0 Å². The minimum Gasteiger partial charge on any atom is -0.780 e. The summed E-state index contributed by atoms with van der Waals surface area (Å²) >= 11 is 10.1. The summed E-state index contributed by atoms with van der Waals surface area (Å²) in [6, 6.07) is 0. The molecule has 0 radical (unpaired) electrons. The van der Waals surface area contributed by atoms with E-state index in [0.717, 1.165) is 6.33 Å². The third kappa shape index (κ3) is 5.32. The Hall–Kier alpha value is -2.29. The molecule has 2 N–H and O–H groups in total. The van der Waals surface area contributed by atoms with Gasteiger partial charge in [0.1, 0.15) is 54.8 Å². The summed E-state index contributed by atoms with van der Waals surface area (Å²) in [5, 5.41) is 0. The van der Waals surface area contributed by atoms with Crippen molar-refractivity contribution in [1.29, 1.82) is 0 Å². The van der Waals surface area contributed by atoms with Crippen molar-refractivity contribution in [3.05, 3.63) is 31.0 Å². The smallest absolute Gasteiger partial charge is 0.200 e. The molecule has 236 valence electrons. The van der Waals surface area contributed by atoms with Gasteiger partial charge >= 0.3 is 0 Å². The largest absolute Gasteiger partial charge is 0.780 e. The molecule has 3 saturated heterocycles. The van der Waals surface area contributed by atoms with Gasteiger partial charge in [-0.25, -0.2) is 38.7 Å². The number of hydrogen-bond acceptors (Lipinski definition) is 17. The van der Waals surface area contributed by atoms with Crippen LogP contribution in [0.15, 0.2) is 25.3 Å². The molecule has 2 unspecified atom stereocenters. The van der Waals surface area contributed by atoms with E-state index in [0.29, 0.717) is 11.2 Å². The number of aryl methyl sites for hydroxylation is 1. The molecular formula is C21H21F2N9O8P2S2-2. The fourth-order valence-electron chi connectivity index (χ4n) is 5.23. The van der Waals surface area contributed by atoms with Crippen LogP contribution >= 0.6 is 13.5 Å². The topological polar surface area (TPSA) is 209 Å². The lowest BCUT2D eigenvalue weighted by atomic mass is 10.1. The van der Waals surface area contributed by atoms with Gasteiger partial charge in [0.2, 0.25) is 6.80 Å². The molecule has 3 fully saturated rings. The maximum Gasteiger partial charge on any atom is 0.200 e. The van der Waals surface area contributed by atoms with Crippen molar-refractivity contribution in [3.8, 4) is 0 Å². The number of rotatable bonds is 2. The van der Waals surface area contributed by atoms with Gasteiger partial charge in [-0.2, -0.15) is 0 Å². The zero-order chi connectivity index (χ0) is 31.0. The highest BCUT2D eigenvalue weighted by atomic mass is 32.7. The molecule has 0 spiro atoms. The van der Waals surface area contributed by atoms with E-state index < -0.39 is 75.9 Å². The van der Waals surface area contributed by atoms with Gasteiger partial charge in [0.15, 0.2) is 41.9 Å². The third-order valence-electron chi connectivity index (χ3n) is 7.30. The molecule has 3 aliphatic rings. The molecule has 0 aromatic carbocycles. The molecule has 3 aliphatic heterocycles. The molecule has 10 atom stereocenters. The molecule has 17 nitrogen and oxygen atoms in total. The first kappa shape index (κ1) is 30.4. The zero-order valence-corrected chi connectivity index (χ0v) is 25.7. The average Bonchev–Trinajstić information content (AvgIpc) is 3.73. The van der Waals surface area contributed by atoms with E-state index in [9.17, 15) is 9.46 Å². The highest BCUT2D eigenvalue weighted by Gasteiger charge is 2.52. The van der Waals surface area contributed by atoms with Crippen molar-refractivity contribution in [2.24, 2.45) is 0 Å². The Morgan fingerprint density at radius 2 is 1.45 bits per heavy atom. The van der Waals surface area contributed by atoms with Gasteiger partial charge in [0.25, 0.3) is 0 Å². The molecule has 0 aliphatic carbocycles. The minimum atomic E-state index is -4.54. The SMILES string of the molecule is Cc1ncnc2c1ncn2[C@@H]1O[C@@H]2COP([O-])(=S)O[C@@H]3[C@H](F)[C@@H](COP(=O)([S-])O[C@@H]1[C@@H]2F)O[C@H]3n1cnc2c(N)ncnc21. The lowest BCUT2D eigenvalue weighted by Crippen LogP contribution is -2.35. The van der Waals surface area contributed by atoms with Gasteiger partial charge in [-0.3, -0.25) is 13.7 Å². The van der Waals surface area contributed by atoms with Crippen molar-refractivity contribution in [3.63, 3.8) is 0 Å². The zero-order valence-electron chi connectivity index (χ0n) is 22.2. The number of alkyl halides is 2. The van der Waals surface area contributed by atoms with Crippen LogP contribution in [0.2, 0.25) is 0 Å². The summed E-state index contributed by atoms with van der Waals surface area (Å²) in [6.07, 6.45) is -8.14. The van der Waals surface area contributed by atoms with Gasteiger partial charge in [-0.05, 0) is 6.92 Å². The van der Waals surface area contributed by atoms with Crippen molar-refractivity contribution in [2.45, 2.75) is 56.1 Å². The van der Waals surface area contributed by atoms with Crippen LogP contribution in [0.1, 0.15) is 18.1 Å². The normalized spacial score (nSPS) is 38.3. The van der Waals surface area contributed by atoms with Crippen molar-refractivity contribution >= 4 is 65.7 Å². The summed E-state index contributed by atoms with van der Waals surface area (Å²) in [5.74, 6) is 0.0427. The highest BCUT2D eigenvalue weighted by Crippen LogP contribution is 2.54. The number of hydrogen-bond donors (Lipinski definition) is 1. The van der Waals surface area contributed by atoms with E-state index in [2.05, 4.69) is 29.9 Å². The van der Waals surface area contributed by atoms with Gasteiger partial charge in [0, 0.05) is 0 Å². The third-order valence-corrected chi connectivity index (χ3v) is 10.4. The van der Waals surface area contributed by atoms with Crippen molar-refractivity contribution < 1.29 is 45.8 Å². The Bertz CT molecular complexity index is 1710. The quantitative estimate of drug-likeness (QED) is 0.230. The lowest BCUT2D eigenvalue weighted by molar-refractivity contribution is -0.217. The molecule has 7 rings (SSSR count). The van der Waals surface area contributed by atoms with Crippen LogP contribution in [0.4, 0.5) is 14.6 Å². The van der Waals surface area contributed by atoms with Crippen LogP contribution in [0.25, 0.3) is 22.3 Å². The summed E-state index contributed by atoms with van der Waals surface area (Å²) in [6.45, 7) is -8.82. The number of aromatic nitrogens is 8. The lowest BCUT2D eigenvalue weighted by Gasteiger charge is -2.34. The van der Waals surface area contributed by atoms with E-state index in [1.807, 2.05) is 0 Å². The monoisotopic (exact) mass is 691 g/mol. The van der Waals surface area contributed by atoms with Crippen LogP contribution in [-0.4, -0.2) is 89.0 Å². The molecule has 23 heteroatoms. The molecule has 0 saturated carbocycles. The van der Waals surface area contributed by atoms with Gasteiger partial charge in [-0.15, -0.1) is 0 Å². The highest BCUT2D eigenvalue weighted by molar-refractivity contribution is 8.32. The van der Waals surface area contributed by atoms with E-state index >= 15 is 8.78 Å². The number of halogens is 2. The summed E-state index contributed by atoms with van der Waals surface area (Å²) in [7, 11) is 0. The van der Waals surface area contributed by atoms with Crippen LogP contribution in [0, 0.1) is 6.92 Å². The van der Waals surface area contributed by atoms with Gasteiger partial charge in [0.05, 0.1) is 31.6 Å². The molecular weight excluding hydrogens is 670 g/mol. The second kappa shape index (κ2) is 11.2. The van der Waals surface area contributed by atoms with Crippen LogP contribution in [0.5, 0.6) is 0 Å². The molecule has 7 heterocycles. The molecule has 0 amide bonds. The Morgan fingerprint density at radius 3 is 2.11 bits per heavy atom. The predicted molar refractivity (Wildman–Crippen MR) is 148 cm³/mol. The van der Waals surface area contributed by atoms with Crippen LogP contribution in [0.3, 0.4) is 0 Å². The first-order valence-corrected chi connectivity index (χ1v) is 18.0. The molecule has 4 aromatic heterocycles. The summed E-state index contributed by atoms with van der Waals surface area (Å²) in [5.41, 5.74) is 7.38. The number of ether oxygens (including phenoxy) is 2. The maximum absolute atomic E-state index is 15.9.